The SMILES string of the molecule is CN1C[C@@H](c2ccccc2)[C@@]2(CCCC3C2=NNC3c2ccccc2)[C@@]12C(=O)Nc1ccccc12. The van der Waals surface area contributed by atoms with Crippen molar-refractivity contribution in [3.63, 3.8) is 0 Å². The summed E-state index contributed by atoms with van der Waals surface area (Å²) in [7, 11) is 2.13. The Hall–Kier alpha value is -3.44. The quantitative estimate of drug-likeness (QED) is 0.560. The molecule has 176 valence electrons. The van der Waals surface area contributed by atoms with Gasteiger partial charge in [-0.3, -0.25) is 9.69 Å². The fourth-order valence-electron chi connectivity index (χ4n) is 7.92. The van der Waals surface area contributed by atoms with Crippen LogP contribution in [0.4, 0.5) is 5.69 Å². The van der Waals surface area contributed by atoms with Crippen LogP contribution in [0.5, 0.6) is 0 Å². The van der Waals surface area contributed by atoms with E-state index in [4.69, 9.17) is 5.10 Å². The second-order valence-corrected chi connectivity index (χ2v) is 10.5. The van der Waals surface area contributed by atoms with Crippen LogP contribution in [0.2, 0.25) is 0 Å². The van der Waals surface area contributed by atoms with Gasteiger partial charge in [-0.05, 0) is 37.1 Å². The third-order valence-corrected chi connectivity index (χ3v) is 9.14. The molecule has 2 spiro atoms. The van der Waals surface area contributed by atoms with E-state index in [0.717, 1.165) is 37.1 Å². The Balaban J connectivity index is 1.47. The summed E-state index contributed by atoms with van der Waals surface area (Å²) in [4.78, 5) is 16.6. The van der Waals surface area contributed by atoms with Gasteiger partial charge in [0.2, 0.25) is 0 Å². The van der Waals surface area contributed by atoms with Gasteiger partial charge in [0.05, 0.1) is 17.2 Å². The first-order valence-electron chi connectivity index (χ1n) is 12.7. The number of hydrogen-bond donors (Lipinski definition) is 2. The summed E-state index contributed by atoms with van der Waals surface area (Å²) in [6, 6.07) is 29.9. The average Bonchev–Trinajstić information content (AvgIpc) is 3.54. The van der Waals surface area contributed by atoms with E-state index in [1.165, 1.54) is 16.8 Å². The number of rotatable bonds is 2. The Bertz CT molecular complexity index is 1320. The summed E-state index contributed by atoms with van der Waals surface area (Å²) in [5, 5.41) is 8.42. The summed E-state index contributed by atoms with van der Waals surface area (Å²) >= 11 is 0. The van der Waals surface area contributed by atoms with Crippen molar-refractivity contribution in [1.29, 1.82) is 0 Å². The van der Waals surface area contributed by atoms with E-state index in [2.05, 4.69) is 95.5 Å². The molecule has 1 amide bonds. The number of amides is 1. The zero-order valence-electron chi connectivity index (χ0n) is 19.9. The van der Waals surface area contributed by atoms with Gasteiger partial charge in [0.1, 0.15) is 5.54 Å². The average molecular weight is 463 g/mol. The molecular formula is C30H30N4O. The van der Waals surface area contributed by atoms with Crippen molar-refractivity contribution in [2.75, 3.05) is 18.9 Å². The van der Waals surface area contributed by atoms with Crippen LogP contribution in [0.3, 0.4) is 0 Å². The third-order valence-electron chi connectivity index (χ3n) is 9.14. The number of carbonyl (C=O) groups is 1. The Morgan fingerprint density at radius 3 is 2.37 bits per heavy atom. The minimum absolute atomic E-state index is 0.0890. The standard InChI is InChI=1S/C30H30N4O/c1-34-19-24(20-11-4-2-5-12-20)29(30(34)23-16-8-9-17-25(23)31-28(30)35)18-10-15-22-26(32-33-27(22)29)21-13-6-3-7-14-21/h2-9,11-14,16-17,22,24,26,32H,10,15,18-19H2,1H3,(H,31,35)/t22?,24-,26?,29+,30+/m0/s1. The Morgan fingerprint density at radius 1 is 0.914 bits per heavy atom. The zero-order valence-corrected chi connectivity index (χ0v) is 19.9. The maximum absolute atomic E-state index is 14.2. The smallest absolute Gasteiger partial charge is 0.250 e. The number of fused-ring (bicyclic) bond motifs is 5. The van der Waals surface area contributed by atoms with Gasteiger partial charge in [-0.25, -0.2) is 0 Å². The number of nitrogens with zero attached hydrogens (tertiary/aromatic N) is 2. The normalized spacial score (nSPS) is 33.3. The molecule has 3 heterocycles. The Labute approximate surface area is 206 Å². The van der Waals surface area contributed by atoms with E-state index < -0.39 is 11.0 Å². The summed E-state index contributed by atoms with van der Waals surface area (Å²) in [6.45, 7) is 0.813. The molecule has 35 heavy (non-hydrogen) atoms. The van der Waals surface area contributed by atoms with Crippen molar-refractivity contribution in [2.45, 2.75) is 36.8 Å². The maximum atomic E-state index is 14.2. The summed E-state index contributed by atoms with van der Waals surface area (Å²) in [6.07, 6.45) is 3.10. The van der Waals surface area contributed by atoms with E-state index in [9.17, 15) is 4.79 Å². The summed E-state index contributed by atoms with van der Waals surface area (Å²) in [5.74, 6) is 0.524. The van der Waals surface area contributed by atoms with Crippen LogP contribution in [0.15, 0.2) is 90.0 Å². The van der Waals surface area contributed by atoms with Crippen LogP contribution in [0, 0.1) is 11.3 Å². The van der Waals surface area contributed by atoms with Crippen molar-refractivity contribution < 1.29 is 4.79 Å². The number of carbonyl (C=O) groups excluding carboxylic acids is 1. The lowest BCUT2D eigenvalue weighted by atomic mass is 9.51. The number of likely N-dealkylation sites (N-methyl/N-ethyl adjacent to an activating group) is 1. The lowest BCUT2D eigenvalue weighted by Gasteiger charge is -2.51. The van der Waals surface area contributed by atoms with Crippen LogP contribution in [0.1, 0.15) is 47.9 Å². The van der Waals surface area contributed by atoms with Gasteiger partial charge in [-0.15, -0.1) is 0 Å². The lowest BCUT2D eigenvalue weighted by Crippen LogP contribution is -2.60. The molecule has 0 radical (unpaired) electrons. The van der Waals surface area contributed by atoms with Crippen LogP contribution < -0.4 is 10.7 Å². The monoisotopic (exact) mass is 462 g/mol. The number of para-hydroxylation sites is 1. The molecule has 0 aromatic heterocycles. The van der Waals surface area contributed by atoms with Crippen LogP contribution in [-0.4, -0.2) is 30.1 Å². The fraction of sp³-hybridized carbons (Fsp3) is 0.333. The van der Waals surface area contributed by atoms with Crippen molar-refractivity contribution in [3.8, 4) is 0 Å². The summed E-state index contributed by atoms with van der Waals surface area (Å²) < 4.78 is 0. The Morgan fingerprint density at radius 2 is 1.60 bits per heavy atom. The number of hydrazone groups is 1. The molecule has 4 aliphatic rings. The lowest BCUT2D eigenvalue weighted by molar-refractivity contribution is -0.129. The van der Waals surface area contributed by atoms with Gasteiger partial charge >= 0.3 is 0 Å². The molecule has 1 aliphatic carbocycles. The van der Waals surface area contributed by atoms with Gasteiger partial charge in [0.15, 0.2) is 0 Å². The molecule has 3 aliphatic heterocycles. The molecule has 0 bridgehead atoms. The first-order chi connectivity index (χ1) is 17.2. The number of hydrogen-bond acceptors (Lipinski definition) is 4. The van der Waals surface area contributed by atoms with Gasteiger partial charge in [0.25, 0.3) is 5.91 Å². The molecule has 5 nitrogen and oxygen atoms in total. The molecule has 3 aromatic rings. The highest BCUT2D eigenvalue weighted by atomic mass is 16.2. The molecule has 3 aromatic carbocycles. The second-order valence-electron chi connectivity index (χ2n) is 10.5. The molecule has 5 atom stereocenters. The molecule has 1 saturated heterocycles. The minimum Gasteiger partial charge on any atom is -0.324 e. The first kappa shape index (κ1) is 20.9. The van der Waals surface area contributed by atoms with Crippen molar-refractivity contribution in [1.82, 2.24) is 10.3 Å². The first-order valence-corrected chi connectivity index (χ1v) is 12.7. The van der Waals surface area contributed by atoms with Crippen molar-refractivity contribution >= 4 is 17.3 Å². The molecule has 2 fully saturated rings. The van der Waals surface area contributed by atoms with E-state index >= 15 is 0 Å². The number of anilines is 1. The van der Waals surface area contributed by atoms with Gasteiger partial charge < -0.3 is 10.7 Å². The van der Waals surface area contributed by atoms with Gasteiger partial charge in [0, 0.05) is 29.6 Å². The van der Waals surface area contributed by atoms with Crippen LogP contribution >= 0.6 is 0 Å². The number of nitrogens with one attached hydrogen (secondary N) is 2. The van der Waals surface area contributed by atoms with Crippen LogP contribution in [-0.2, 0) is 10.3 Å². The van der Waals surface area contributed by atoms with Gasteiger partial charge in [-0.1, -0.05) is 85.3 Å². The number of likely N-dealkylation sites (tertiary alicyclic amines) is 1. The second kappa shape index (κ2) is 7.53. The fourth-order valence-corrected chi connectivity index (χ4v) is 7.92. The molecule has 5 heteroatoms. The van der Waals surface area contributed by atoms with Gasteiger partial charge in [-0.2, -0.15) is 5.10 Å². The highest BCUT2D eigenvalue weighted by Crippen LogP contribution is 2.67. The van der Waals surface area contributed by atoms with E-state index in [-0.39, 0.29) is 23.8 Å². The minimum atomic E-state index is -0.783. The van der Waals surface area contributed by atoms with Crippen molar-refractivity contribution in [2.24, 2.45) is 16.4 Å². The zero-order chi connectivity index (χ0) is 23.6. The van der Waals surface area contributed by atoms with E-state index in [0.29, 0.717) is 0 Å². The summed E-state index contributed by atoms with van der Waals surface area (Å²) in [5.41, 5.74) is 8.09. The van der Waals surface area contributed by atoms with E-state index in [1.807, 2.05) is 12.1 Å². The molecule has 2 N–H and O–H groups in total. The molecular weight excluding hydrogens is 432 g/mol. The topological polar surface area (TPSA) is 56.7 Å². The molecule has 1 saturated carbocycles. The Kier molecular flexibility index (Phi) is 4.49. The molecule has 7 rings (SSSR count). The van der Waals surface area contributed by atoms with Crippen molar-refractivity contribution in [3.05, 3.63) is 102 Å². The highest BCUT2D eigenvalue weighted by Gasteiger charge is 2.74. The predicted molar refractivity (Wildman–Crippen MR) is 138 cm³/mol. The predicted octanol–water partition coefficient (Wildman–Crippen LogP) is 5.05. The third kappa shape index (κ3) is 2.57. The largest absolute Gasteiger partial charge is 0.324 e. The highest BCUT2D eigenvalue weighted by molar-refractivity contribution is 6.12. The maximum Gasteiger partial charge on any atom is 0.250 e. The van der Waals surface area contributed by atoms with Crippen LogP contribution in [0.25, 0.3) is 0 Å². The molecule has 2 unspecified atom stereocenters. The van der Waals surface area contributed by atoms with E-state index in [1.54, 1.807) is 0 Å². The number of benzene rings is 3.